The Hall–Kier alpha value is -1.95. The molecule has 0 radical (unpaired) electrons. The Bertz CT molecular complexity index is 853. The van der Waals surface area contributed by atoms with E-state index < -0.39 is 0 Å². The average Bonchev–Trinajstić information content (AvgIpc) is 2.83. The Kier molecular flexibility index (Phi) is 4.61. The van der Waals surface area contributed by atoms with Crippen molar-refractivity contribution in [2.24, 2.45) is 0 Å². The van der Waals surface area contributed by atoms with Gasteiger partial charge in [-0.1, -0.05) is 36.4 Å². The van der Waals surface area contributed by atoms with Gasteiger partial charge < -0.3 is 0 Å². The van der Waals surface area contributed by atoms with Crippen LogP contribution in [0, 0.1) is 17.4 Å². The fourth-order valence-electron chi connectivity index (χ4n) is 2.67. The zero-order valence-corrected chi connectivity index (χ0v) is 15.2. The number of carbonyl (C=O) groups excluding carboxylic acids is 1. The van der Waals surface area contributed by atoms with Crippen LogP contribution in [0.5, 0.6) is 0 Å². The van der Waals surface area contributed by atoms with E-state index in [0.29, 0.717) is 5.56 Å². The lowest BCUT2D eigenvalue weighted by Crippen LogP contribution is -2.15. The monoisotopic (exact) mass is 416 g/mol. The maximum atomic E-state index is 12.7. The molecule has 0 atom stereocenters. The Morgan fingerprint density at radius 2 is 1.83 bits per heavy atom. The highest BCUT2D eigenvalue weighted by Crippen LogP contribution is 2.19. The van der Waals surface area contributed by atoms with E-state index in [0.717, 1.165) is 26.9 Å². The minimum Gasteiger partial charge on any atom is -0.267 e. The molecule has 0 N–H and O–H groups in total. The van der Waals surface area contributed by atoms with Crippen LogP contribution in [0.1, 0.15) is 32.9 Å². The summed E-state index contributed by atoms with van der Waals surface area (Å²) >= 11 is 2.21. The van der Waals surface area contributed by atoms with E-state index in [-0.39, 0.29) is 5.91 Å². The summed E-state index contributed by atoms with van der Waals surface area (Å²) < 4.78 is 2.57. The van der Waals surface area contributed by atoms with Crippen molar-refractivity contribution < 1.29 is 4.79 Å². The smallest absolute Gasteiger partial charge is 0.267 e. The average molecular weight is 416 g/mol. The van der Waals surface area contributed by atoms with E-state index in [1.54, 1.807) is 0 Å². The summed E-state index contributed by atoms with van der Waals surface area (Å²) in [6.45, 7) is 3.92. The Balaban J connectivity index is 1.96. The molecule has 0 unspecified atom stereocenters. The van der Waals surface area contributed by atoms with E-state index in [1.807, 2.05) is 56.3 Å². The van der Waals surface area contributed by atoms with Crippen LogP contribution >= 0.6 is 22.6 Å². The molecular formula is C19H17IN2O. The number of benzene rings is 2. The Morgan fingerprint density at radius 1 is 1.09 bits per heavy atom. The molecular weight excluding hydrogens is 399 g/mol. The van der Waals surface area contributed by atoms with E-state index in [2.05, 4.69) is 39.8 Å². The number of hydrogen-bond acceptors (Lipinski definition) is 2. The first kappa shape index (κ1) is 15.9. The highest BCUT2D eigenvalue weighted by Gasteiger charge is 2.18. The van der Waals surface area contributed by atoms with Crippen LogP contribution < -0.4 is 0 Å². The zero-order valence-electron chi connectivity index (χ0n) is 13.1. The first-order valence-corrected chi connectivity index (χ1v) is 8.53. The molecule has 0 aliphatic heterocycles. The highest BCUT2D eigenvalue weighted by atomic mass is 127. The molecule has 3 aromatic rings. The van der Waals surface area contributed by atoms with Gasteiger partial charge in [-0.05, 0) is 60.2 Å². The van der Waals surface area contributed by atoms with Crippen molar-refractivity contribution in [1.82, 2.24) is 9.78 Å². The topological polar surface area (TPSA) is 34.9 Å². The minimum atomic E-state index is -0.0802. The van der Waals surface area contributed by atoms with Gasteiger partial charge in [0.2, 0.25) is 0 Å². The molecule has 0 saturated carbocycles. The van der Waals surface area contributed by atoms with Crippen molar-refractivity contribution in [2.75, 3.05) is 0 Å². The quantitative estimate of drug-likeness (QED) is 0.594. The number of rotatable bonds is 3. The molecule has 1 aromatic heterocycles. The lowest BCUT2D eigenvalue weighted by molar-refractivity contribution is 0.0942. The SMILES string of the molecule is Cc1nn(C(=O)c2cccc(I)c2)c(C)c1Cc1ccccc1. The molecule has 0 amide bonds. The molecule has 23 heavy (non-hydrogen) atoms. The van der Waals surface area contributed by atoms with Crippen molar-refractivity contribution in [1.29, 1.82) is 0 Å². The van der Waals surface area contributed by atoms with E-state index >= 15 is 0 Å². The Labute approximate surface area is 149 Å². The van der Waals surface area contributed by atoms with Gasteiger partial charge in [0, 0.05) is 26.8 Å². The van der Waals surface area contributed by atoms with Crippen molar-refractivity contribution >= 4 is 28.5 Å². The lowest BCUT2D eigenvalue weighted by Gasteiger charge is -2.05. The standard InChI is InChI=1S/C19H17IN2O/c1-13-18(11-15-7-4-3-5-8-15)14(2)22(21-13)19(23)16-9-6-10-17(20)12-16/h3-10,12H,11H2,1-2H3. The number of hydrogen-bond donors (Lipinski definition) is 0. The molecule has 116 valence electrons. The molecule has 4 heteroatoms. The van der Waals surface area contributed by atoms with Gasteiger partial charge in [0.1, 0.15) is 0 Å². The van der Waals surface area contributed by atoms with Gasteiger partial charge in [-0.15, -0.1) is 0 Å². The van der Waals surface area contributed by atoms with Crippen LogP contribution in [-0.2, 0) is 6.42 Å². The minimum absolute atomic E-state index is 0.0802. The first-order chi connectivity index (χ1) is 11.1. The summed E-state index contributed by atoms with van der Waals surface area (Å²) in [5.74, 6) is -0.0802. The number of halogens is 1. The normalized spacial score (nSPS) is 10.7. The van der Waals surface area contributed by atoms with Gasteiger partial charge >= 0.3 is 0 Å². The van der Waals surface area contributed by atoms with Crippen LogP contribution in [0.3, 0.4) is 0 Å². The third-order valence-corrected chi connectivity index (χ3v) is 4.60. The summed E-state index contributed by atoms with van der Waals surface area (Å²) in [5.41, 5.74) is 4.82. The molecule has 0 spiro atoms. The number of nitrogens with zero attached hydrogens (tertiary/aromatic N) is 2. The van der Waals surface area contributed by atoms with Crippen LogP contribution in [-0.4, -0.2) is 15.7 Å². The molecule has 0 aliphatic rings. The predicted molar refractivity (Wildman–Crippen MR) is 99.8 cm³/mol. The lowest BCUT2D eigenvalue weighted by atomic mass is 10.0. The van der Waals surface area contributed by atoms with Gasteiger partial charge in [-0.25, -0.2) is 4.68 Å². The number of aryl methyl sites for hydroxylation is 1. The fraction of sp³-hybridized carbons (Fsp3) is 0.158. The second-order valence-electron chi connectivity index (χ2n) is 5.54. The van der Waals surface area contributed by atoms with Gasteiger partial charge in [0.05, 0.1) is 5.69 Å². The van der Waals surface area contributed by atoms with E-state index in [9.17, 15) is 4.79 Å². The molecule has 0 bridgehead atoms. The third-order valence-electron chi connectivity index (χ3n) is 3.93. The molecule has 0 aliphatic carbocycles. The summed E-state index contributed by atoms with van der Waals surface area (Å²) in [7, 11) is 0. The maximum absolute atomic E-state index is 12.7. The van der Waals surface area contributed by atoms with Crippen LogP contribution in [0.25, 0.3) is 0 Å². The zero-order chi connectivity index (χ0) is 16.4. The van der Waals surface area contributed by atoms with Crippen molar-refractivity contribution in [3.63, 3.8) is 0 Å². The van der Waals surface area contributed by atoms with Gasteiger partial charge in [0.15, 0.2) is 0 Å². The van der Waals surface area contributed by atoms with Crippen LogP contribution in [0.4, 0.5) is 0 Å². The molecule has 0 fully saturated rings. The van der Waals surface area contributed by atoms with Gasteiger partial charge in [-0.3, -0.25) is 4.79 Å². The van der Waals surface area contributed by atoms with Gasteiger partial charge in [0.25, 0.3) is 5.91 Å². The summed E-state index contributed by atoms with van der Waals surface area (Å²) in [6, 6.07) is 17.8. The predicted octanol–water partition coefficient (Wildman–Crippen LogP) is 4.38. The van der Waals surface area contributed by atoms with Crippen molar-refractivity contribution in [3.8, 4) is 0 Å². The van der Waals surface area contributed by atoms with E-state index in [1.165, 1.54) is 10.2 Å². The first-order valence-electron chi connectivity index (χ1n) is 7.45. The van der Waals surface area contributed by atoms with E-state index in [4.69, 9.17) is 0 Å². The number of carbonyl (C=O) groups is 1. The molecule has 0 saturated heterocycles. The van der Waals surface area contributed by atoms with Crippen LogP contribution in [0.2, 0.25) is 0 Å². The van der Waals surface area contributed by atoms with Crippen molar-refractivity contribution in [3.05, 3.63) is 86.2 Å². The van der Waals surface area contributed by atoms with Crippen molar-refractivity contribution in [2.45, 2.75) is 20.3 Å². The second-order valence-corrected chi connectivity index (χ2v) is 6.78. The molecule has 1 heterocycles. The second kappa shape index (κ2) is 6.66. The molecule has 2 aromatic carbocycles. The Morgan fingerprint density at radius 3 is 2.52 bits per heavy atom. The maximum Gasteiger partial charge on any atom is 0.278 e. The third kappa shape index (κ3) is 3.37. The number of aromatic nitrogens is 2. The summed E-state index contributed by atoms with van der Waals surface area (Å²) in [4.78, 5) is 12.7. The molecule has 3 nitrogen and oxygen atoms in total. The summed E-state index contributed by atoms with van der Waals surface area (Å²) in [6.07, 6.45) is 0.790. The highest BCUT2D eigenvalue weighted by molar-refractivity contribution is 14.1. The fourth-order valence-corrected chi connectivity index (χ4v) is 3.22. The largest absolute Gasteiger partial charge is 0.278 e. The summed E-state index contributed by atoms with van der Waals surface area (Å²) in [5, 5.41) is 4.48. The van der Waals surface area contributed by atoms with Gasteiger partial charge in [-0.2, -0.15) is 5.10 Å². The molecule has 3 rings (SSSR count). The van der Waals surface area contributed by atoms with Crippen LogP contribution in [0.15, 0.2) is 54.6 Å².